The zero-order valence-corrected chi connectivity index (χ0v) is 7.67. The van der Waals surface area contributed by atoms with E-state index in [1.807, 2.05) is 0 Å². The fraction of sp³-hybridized carbons (Fsp3) is 0.600. The van der Waals surface area contributed by atoms with Crippen molar-refractivity contribution in [3.8, 4) is 0 Å². The van der Waals surface area contributed by atoms with Crippen molar-refractivity contribution >= 4 is 31.9 Å². The molecule has 0 spiro atoms. The van der Waals surface area contributed by atoms with Crippen LogP contribution in [0, 0.1) is 0 Å². The number of rotatable bonds is 1. The Morgan fingerprint density at radius 3 is 2.33 bits per heavy atom. The second-order valence-corrected chi connectivity index (χ2v) is 4.91. The van der Waals surface area contributed by atoms with Gasteiger partial charge in [0.2, 0.25) is 0 Å². The molecule has 0 aliphatic carbocycles. The summed E-state index contributed by atoms with van der Waals surface area (Å²) in [6.07, 6.45) is 2.63. The Labute approximate surface area is 70.1 Å². The van der Waals surface area contributed by atoms with Crippen LogP contribution in [0.4, 0.5) is 0 Å². The van der Waals surface area contributed by atoms with E-state index in [1.54, 1.807) is 12.2 Å². The molecule has 1 aliphatic heterocycles. The molecule has 52 valence electrons. The molecule has 0 radical (unpaired) electrons. The van der Waals surface area contributed by atoms with Gasteiger partial charge in [0, 0.05) is 0 Å². The van der Waals surface area contributed by atoms with Crippen molar-refractivity contribution in [1.82, 2.24) is 0 Å². The Morgan fingerprint density at radius 2 is 2.11 bits per heavy atom. The van der Waals surface area contributed by atoms with E-state index in [1.165, 1.54) is 0 Å². The molecule has 0 fully saturated rings. The average Bonchev–Trinajstić information content (AvgIpc) is 2.14. The first-order valence-corrected chi connectivity index (χ1v) is 4.33. The molecule has 2 unspecified atom stereocenters. The fourth-order valence-corrected chi connectivity index (χ4v) is 1.20. The number of halogens is 2. The molecule has 1 aliphatic rings. The summed E-state index contributed by atoms with van der Waals surface area (Å²) in [5.41, 5.74) is 0. The summed E-state index contributed by atoms with van der Waals surface area (Å²) in [4.78, 5) is 0. The van der Waals surface area contributed by atoms with Crippen LogP contribution >= 0.6 is 31.9 Å². The smallest absolute Gasteiger partial charge is 0.175 e. The van der Waals surface area contributed by atoms with Gasteiger partial charge in [0.25, 0.3) is 0 Å². The molecular weight excluding hydrogens is 252 g/mol. The maximum absolute atomic E-state index is 8.80. The van der Waals surface area contributed by atoms with Gasteiger partial charge in [-0.05, 0) is 6.08 Å². The summed E-state index contributed by atoms with van der Waals surface area (Å²) in [6, 6.07) is 0. The Bertz CT molecular complexity index is 124. The third kappa shape index (κ3) is 2.04. The minimum Gasteiger partial charge on any atom is -0.365 e. The van der Waals surface area contributed by atoms with Crippen molar-refractivity contribution in [2.75, 3.05) is 0 Å². The van der Waals surface area contributed by atoms with Crippen molar-refractivity contribution < 1.29 is 9.84 Å². The second-order valence-electron chi connectivity index (χ2n) is 1.71. The van der Waals surface area contributed by atoms with Gasteiger partial charge in [-0.25, -0.2) is 0 Å². The number of aliphatic hydroxyl groups is 1. The maximum atomic E-state index is 8.80. The van der Waals surface area contributed by atoms with E-state index >= 15 is 0 Å². The van der Waals surface area contributed by atoms with Gasteiger partial charge >= 0.3 is 0 Å². The molecule has 0 saturated heterocycles. The molecule has 0 bridgehead atoms. The van der Waals surface area contributed by atoms with Gasteiger partial charge in [-0.2, -0.15) is 0 Å². The predicted octanol–water partition coefficient (Wildman–Crippen LogP) is 1.38. The molecule has 4 heteroatoms. The SMILES string of the molecule is OC1C=CC(C(Br)Br)O1. The lowest BCUT2D eigenvalue weighted by Gasteiger charge is -2.10. The van der Waals surface area contributed by atoms with Crippen LogP contribution in [0.2, 0.25) is 0 Å². The molecule has 2 atom stereocenters. The Hall–Kier alpha value is 0.620. The molecule has 0 aromatic rings. The molecule has 1 heterocycles. The lowest BCUT2D eigenvalue weighted by Crippen LogP contribution is -2.16. The van der Waals surface area contributed by atoms with E-state index in [-0.39, 0.29) is 9.84 Å². The van der Waals surface area contributed by atoms with Gasteiger partial charge < -0.3 is 9.84 Å². The van der Waals surface area contributed by atoms with E-state index in [0.717, 1.165) is 0 Å². The highest BCUT2D eigenvalue weighted by atomic mass is 79.9. The monoisotopic (exact) mass is 256 g/mol. The predicted molar refractivity (Wildman–Crippen MR) is 41.7 cm³/mol. The van der Waals surface area contributed by atoms with Crippen molar-refractivity contribution in [3.63, 3.8) is 0 Å². The van der Waals surface area contributed by atoms with Crippen molar-refractivity contribution in [1.29, 1.82) is 0 Å². The standard InChI is InChI=1S/C5H6Br2O2/c6-5(7)3-1-2-4(8)9-3/h1-5,8H. The Kier molecular flexibility index (Phi) is 2.70. The number of hydrogen-bond acceptors (Lipinski definition) is 2. The average molecular weight is 258 g/mol. The van der Waals surface area contributed by atoms with Crippen molar-refractivity contribution in [3.05, 3.63) is 12.2 Å². The first kappa shape index (κ1) is 7.72. The normalized spacial score (nSPS) is 34.2. The third-order valence-electron chi connectivity index (χ3n) is 1.01. The van der Waals surface area contributed by atoms with E-state index in [0.29, 0.717) is 0 Å². The minimum atomic E-state index is -0.729. The highest BCUT2D eigenvalue weighted by Crippen LogP contribution is 2.22. The maximum Gasteiger partial charge on any atom is 0.175 e. The molecule has 9 heavy (non-hydrogen) atoms. The lowest BCUT2D eigenvalue weighted by molar-refractivity contribution is -0.0677. The lowest BCUT2D eigenvalue weighted by atomic mass is 10.4. The van der Waals surface area contributed by atoms with Crippen LogP contribution in [0.1, 0.15) is 0 Å². The van der Waals surface area contributed by atoms with Crippen LogP contribution in [0.3, 0.4) is 0 Å². The highest BCUT2D eigenvalue weighted by Gasteiger charge is 2.21. The molecular formula is C5H6Br2O2. The van der Waals surface area contributed by atoms with Crippen LogP contribution < -0.4 is 0 Å². The summed E-state index contributed by atoms with van der Waals surface area (Å²) in [5.74, 6) is 0. The van der Waals surface area contributed by atoms with Gasteiger partial charge in [-0.3, -0.25) is 0 Å². The van der Waals surface area contributed by atoms with Crippen molar-refractivity contribution in [2.24, 2.45) is 0 Å². The van der Waals surface area contributed by atoms with Crippen LogP contribution in [0.25, 0.3) is 0 Å². The summed E-state index contributed by atoms with van der Waals surface area (Å²) < 4.78 is 5.06. The van der Waals surface area contributed by atoms with Crippen LogP contribution in [0.15, 0.2) is 12.2 Å². The van der Waals surface area contributed by atoms with E-state index in [4.69, 9.17) is 9.84 Å². The first-order valence-electron chi connectivity index (χ1n) is 2.50. The van der Waals surface area contributed by atoms with E-state index in [2.05, 4.69) is 31.9 Å². The zero-order valence-electron chi connectivity index (χ0n) is 4.50. The minimum absolute atomic E-state index is 0.0556. The highest BCUT2D eigenvalue weighted by molar-refractivity contribution is 9.24. The number of ether oxygens (including phenoxy) is 1. The van der Waals surface area contributed by atoms with Crippen LogP contribution in [-0.4, -0.2) is 21.2 Å². The molecule has 0 saturated carbocycles. The molecule has 1 N–H and O–H groups in total. The van der Waals surface area contributed by atoms with E-state index in [9.17, 15) is 0 Å². The van der Waals surface area contributed by atoms with Gasteiger partial charge in [0.1, 0.15) is 6.10 Å². The summed E-state index contributed by atoms with van der Waals surface area (Å²) in [6.45, 7) is 0. The first-order chi connectivity index (χ1) is 4.20. The molecule has 0 amide bonds. The van der Waals surface area contributed by atoms with Gasteiger partial charge in [-0.1, -0.05) is 37.9 Å². The topological polar surface area (TPSA) is 29.5 Å². The summed E-state index contributed by atoms with van der Waals surface area (Å²) in [7, 11) is 0. The largest absolute Gasteiger partial charge is 0.365 e. The quantitative estimate of drug-likeness (QED) is 0.568. The molecule has 0 aromatic carbocycles. The van der Waals surface area contributed by atoms with Crippen molar-refractivity contribution in [2.45, 2.75) is 16.1 Å². The number of hydrogen-bond donors (Lipinski definition) is 1. The molecule has 1 rings (SSSR count). The summed E-state index contributed by atoms with van der Waals surface area (Å²) in [5, 5.41) is 8.80. The number of aliphatic hydroxyl groups excluding tert-OH is 1. The molecule has 2 nitrogen and oxygen atoms in total. The van der Waals surface area contributed by atoms with Gasteiger partial charge in [0.05, 0.1) is 3.74 Å². The Balaban J connectivity index is 2.41. The van der Waals surface area contributed by atoms with E-state index < -0.39 is 6.29 Å². The van der Waals surface area contributed by atoms with Crippen LogP contribution in [-0.2, 0) is 4.74 Å². The Morgan fingerprint density at radius 1 is 1.44 bits per heavy atom. The molecule has 0 aromatic heterocycles. The fourth-order valence-electron chi connectivity index (χ4n) is 0.600. The third-order valence-corrected chi connectivity index (χ3v) is 2.05. The van der Waals surface area contributed by atoms with Crippen LogP contribution in [0.5, 0.6) is 0 Å². The second kappa shape index (κ2) is 3.14. The van der Waals surface area contributed by atoms with Gasteiger partial charge in [-0.15, -0.1) is 0 Å². The summed E-state index contributed by atoms with van der Waals surface area (Å²) >= 11 is 6.52. The number of alkyl halides is 2. The zero-order chi connectivity index (χ0) is 6.85. The van der Waals surface area contributed by atoms with Gasteiger partial charge in [0.15, 0.2) is 6.29 Å².